The maximum absolute atomic E-state index is 5.52. The molecule has 0 spiro atoms. The van der Waals surface area contributed by atoms with Crippen LogP contribution < -0.4 is 5.32 Å². The molecule has 20 heavy (non-hydrogen) atoms. The largest absolute Gasteiger partial charge is 0.346 e. The number of rotatable bonds is 4. The molecule has 1 aliphatic rings. The van der Waals surface area contributed by atoms with E-state index in [1.54, 1.807) is 0 Å². The highest BCUT2D eigenvalue weighted by Gasteiger charge is 2.18. The zero-order valence-electron chi connectivity index (χ0n) is 12.6. The molecular weight excluding hydrogens is 266 g/mol. The van der Waals surface area contributed by atoms with Gasteiger partial charge in [-0.2, -0.15) is 0 Å². The molecular formula is C16H25N3S. The smallest absolute Gasteiger partial charge is 0.173 e. The fraction of sp³-hybridized carbons (Fsp3) is 0.562. The van der Waals surface area contributed by atoms with Crippen molar-refractivity contribution >= 4 is 23.0 Å². The van der Waals surface area contributed by atoms with Gasteiger partial charge in [-0.25, -0.2) is 0 Å². The van der Waals surface area contributed by atoms with E-state index in [1.165, 1.54) is 18.5 Å². The molecule has 0 atom stereocenters. The molecule has 0 unspecified atom stereocenters. The van der Waals surface area contributed by atoms with Gasteiger partial charge in [-0.15, -0.1) is 0 Å². The normalized spacial score (nSPS) is 16.2. The van der Waals surface area contributed by atoms with E-state index in [1.807, 2.05) is 0 Å². The van der Waals surface area contributed by atoms with Crippen molar-refractivity contribution in [1.82, 2.24) is 9.80 Å². The van der Waals surface area contributed by atoms with E-state index >= 15 is 0 Å². The van der Waals surface area contributed by atoms with E-state index in [2.05, 4.69) is 53.2 Å². The van der Waals surface area contributed by atoms with Crippen molar-refractivity contribution in [2.75, 3.05) is 38.0 Å². The summed E-state index contributed by atoms with van der Waals surface area (Å²) in [6.07, 6.45) is 2.30. The molecule has 2 rings (SSSR count). The summed E-state index contributed by atoms with van der Waals surface area (Å²) in [5.41, 5.74) is 2.44. The van der Waals surface area contributed by atoms with Crippen LogP contribution in [0.5, 0.6) is 0 Å². The van der Waals surface area contributed by atoms with Crippen LogP contribution in [0.2, 0.25) is 0 Å². The molecule has 1 fully saturated rings. The van der Waals surface area contributed by atoms with Crippen LogP contribution >= 0.6 is 12.2 Å². The van der Waals surface area contributed by atoms with Gasteiger partial charge in [-0.3, -0.25) is 4.90 Å². The third-order valence-electron chi connectivity index (χ3n) is 3.81. The zero-order chi connectivity index (χ0) is 14.4. The number of nitrogens with one attached hydrogen (secondary N) is 1. The van der Waals surface area contributed by atoms with Gasteiger partial charge >= 0.3 is 0 Å². The van der Waals surface area contributed by atoms with Crippen molar-refractivity contribution in [3.8, 4) is 0 Å². The second kappa shape index (κ2) is 7.60. The van der Waals surface area contributed by atoms with Gasteiger partial charge in [0.15, 0.2) is 5.11 Å². The van der Waals surface area contributed by atoms with Crippen molar-refractivity contribution in [3.05, 3.63) is 29.8 Å². The Bertz CT molecular complexity index is 422. The number of anilines is 1. The number of piperazine rings is 1. The molecule has 0 aliphatic carbocycles. The molecule has 1 aromatic rings. The Balaban J connectivity index is 1.83. The summed E-state index contributed by atoms with van der Waals surface area (Å²) in [5.74, 6) is 0. The number of aryl methyl sites for hydroxylation is 1. The molecule has 1 aliphatic heterocycles. The van der Waals surface area contributed by atoms with Crippen LogP contribution in [0.4, 0.5) is 5.69 Å². The number of hydrogen-bond acceptors (Lipinski definition) is 2. The van der Waals surface area contributed by atoms with Crippen molar-refractivity contribution < 1.29 is 0 Å². The fourth-order valence-corrected chi connectivity index (χ4v) is 2.82. The Morgan fingerprint density at radius 2 is 1.75 bits per heavy atom. The lowest BCUT2D eigenvalue weighted by atomic mass is 10.1. The predicted molar refractivity (Wildman–Crippen MR) is 90.3 cm³/mol. The first-order valence-corrected chi connectivity index (χ1v) is 8.01. The predicted octanol–water partition coefficient (Wildman–Crippen LogP) is 2.97. The van der Waals surface area contributed by atoms with Gasteiger partial charge in [0.05, 0.1) is 0 Å². The molecule has 0 radical (unpaired) electrons. The molecule has 0 aromatic heterocycles. The molecule has 1 saturated heterocycles. The van der Waals surface area contributed by atoms with Gasteiger partial charge in [0.1, 0.15) is 0 Å². The molecule has 3 nitrogen and oxygen atoms in total. The minimum absolute atomic E-state index is 0.852. The average Bonchev–Trinajstić information content (AvgIpc) is 2.49. The van der Waals surface area contributed by atoms with Crippen LogP contribution in [0, 0.1) is 0 Å². The lowest BCUT2D eigenvalue weighted by Gasteiger charge is -2.36. The lowest BCUT2D eigenvalue weighted by Crippen LogP contribution is -2.49. The first kappa shape index (κ1) is 15.3. The highest BCUT2D eigenvalue weighted by Crippen LogP contribution is 2.12. The quantitative estimate of drug-likeness (QED) is 0.859. The van der Waals surface area contributed by atoms with E-state index in [4.69, 9.17) is 12.2 Å². The second-order valence-electron chi connectivity index (χ2n) is 5.31. The molecule has 0 saturated carbocycles. The third kappa shape index (κ3) is 4.18. The standard InChI is InChI=1S/C16H25N3S/c1-3-9-18-10-12-19(13-11-18)16(20)17-15-7-5-14(4-2)6-8-15/h5-8H,3-4,9-13H2,1-2H3,(H,17,20). The number of benzene rings is 1. The number of thiocarbonyl (C=S) groups is 1. The van der Waals surface area contributed by atoms with Crippen LogP contribution in [-0.2, 0) is 6.42 Å². The van der Waals surface area contributed by atoms with E-state index in [0.29, 0.717) is 0 Å². The lowest BCUT2D eigenvalue weighted by molar-refractivity contribution is 0.184. The summed E-state index contributed by atoms with van der Waals surface area (Å²) in [5, 5.41) is 4.20. The molecule has 1 heterocycles. The maximum Gasteiger partial charge on any atom is 0.173 e. The summed E-state index contributed by atoms with van der Waals surface area (Å²) in [4.78, 5) is 4.78. The highest BCUT2D eigenvalue weighted by atomic mass is 32.1. The minimum atomic E-state index is 0.852. The minimum Gasteiger partial charge on any atom is -0.346 e. The van der Waals surface area contributed by atoms with Crippen LogP contribution in [0.25, 0.3) is 0 Å². The fourth-order valence-electron chi connectivity index (χ4n) is 2.52. The van der Waals surface area contributed by atoms with Gasteiger partial charge in [0, 0.05) is 31.9 Å². The van der Waals surface area contributed by atoms with Crippen LogP contribution in [0.1, 0.15) is 25.8 Å². The van der Waals surface area contributed by atoms with Gasteiger partial charge in [0.25, 0.3) is 0 Å². The van der Waals surface area contributed by atoms with Crippen molar-refractivity contribution in [3.63, 3.8) is 0 Å². The van der Waals surface area contributed by atoms with E-state index < -0.39 is 0 Å². The highest BCUT2D eigenvalue weighted by molar-refractivity contribution is 7.80. The van der Waals surface area contributed by atoms with Crippen LogP contribution in [-0.4, -0.2) is 47.6 Å². The van der Waals surface area contributed by atoms with E-state index in [0.717, 1.165) is 43.4 Å². The van der Waals surface area contributed by atoms with E-state index in [-0.39, 0.29) is 0 Å². The van der Waals surface area contributed by atoms with Gasteiger partial charge in [0.2, 0.25) is 0 Å². The molecule has 0 bridgehead atoms. The van der Waals surface area contributed by atoms with Crippen molar-refractivity contribution in [1.29, 1.82) is 0 Å². The summed E-state index contributed by atoms with van der Waals surface area (Å²) in [6, 6.07) is 8.53. The first-order valence-electron chi connectivity index (χ1n) is 7.60. The summed E-state index contributed by atoms with van der Waals surface area (Å²) >= 11 is 5.52. The SMILES string of the molecule is CCCN1CCN(C(=S)Nc2ccc(CC)cc2)CC1. The van der Waals surface area contributed by atoms with Crippen molar-refractivity contribution in [2.45, 2.75) is 26.7 Å². The van der Waals surface area contributed by atoms with E-state index in [9.17, 15) is 0 Å². The Morgan fingerprint density at radius 1 is 1.10 bits per heavy atom. The monoisotopic (exact) mass is 291 g/mol. The zero-order valence-corrected chi connectivity index (χ0v) is 13.4. The summed E-state index contributed by atoms with van der Waals surface area (Å²) < 4.78 is 0. The molecule has 4 heteroatoms. The molecule has 110 valence electrons. The molecule has 1 N–H and O–H groups in total. The Labute approximate surface area is 128 Å². The second-order valence-corrected chi connectivity index (χ2v) is 5.70. The van der Waals surface area contributed by atoms with Gasteiger partial charge in [-0.05, 0) is 49.3 Å². The third-order valence-corrected chi connectivity index (χ3v) is 4.17. The number of hydrogen-bond donors (Lipinski definition) is 1. The van der Waals surface area contributed by atoms with Crippen molar-refractivity contribution in [2.24, 2.45) is 0 Å². The van der Waals surface area contributed by atoms with Crippen LogP contribution in [0.3, 0.4) is 0 Å². The van der Waals surface area contributed by atoms with Crippen LogP contribution in [0.15, 0.2) is 24.3 Å². The number of nitrogens with zero attached hydrogens (tertiary/aromatic N) is 2. The molecule has 1 aromatic carbocycles. The Kier molecular flexibility index (Phi) is 5.80. The van der Waals surface area contributed by atoms with Gasteiger partial charge < -0.3 is 10.2 Å². The first-order chi connectivity index (χ1) is 9.72. The Hall–Kier alpha value is -1.13. The molecule has 0 amide bonds. The summed E-state index contributed by atoms with van der Waals surface area (Å²) in [7, 11) is 0. The van der Waals surface area contributed by atoms with Gasteiger partial charge in [-0.1, -0.05) is 26.0 Å². The maximum atomic E-state index is 5.52. The summed E-state index contributed by atoms with van der Waals surface area (Å²) in [6.45, 7) is 9.89. The average molecular weight is 291 g/mol. The topological polar surface area (TPSA) is 18.5 Å². The Morgan fingerprint density at radius 3 is 2.30 bits per heavy atom.